The molecule has 7 nitrogen and oxygen atoms in total. The summed E-state index contributed by atoms with van der Waals surface area (Å²) < 4.78 is 1.67. The van der Waals surface area contributed by atoms with Crippen LogP contribution in [-0.4, -0.2) is 25.4 Å². The van der Waals surface area contributed by atoms with Crippen LogP contribution in [0.25, 0.3) is 21.9 Å². The average Bonchev–Trinajstić information content (AvgIpc) is 3.10. The largest absolute Gasteiger partial charge is 0.342 e. The molecule has 1 atom stereocenters. The minimum absolute atomic E-state index is 0.198. The number of aromatic nitrogens is 4. The number of carbonyl (C=O) groups excluding carboxylic acids is 1. The van der Waals surface area contributed by atoms with Crippen molar-refractivity contribution in [1.82, 2.24) is 24.8 Å². The van der Waals surface area contributed by atoms with Crippen molar-refractivity contribution in [3.8, 4) is 0 Å². The average molecular weight is 379 g/mol. The molecular formula is C19H17N5O2S. The Labute approximate surface area is 159 Å². The molecule has 8 heteroatoms. The van der Waals surface area contributed by atoms with Crippen LogP contribution in [0.15, 0.2) is 47.3 Å². The summed E-state index contributed by atoms with van der Waals surface area (Å²) in [5, 5.41) is 3.40. The van der Waals surface area contributed by atoms with Crippen molar-refractivity contribution >= 4 is 40.1 Å². The van der Waals surface area contributed by atoms with Crippen LogP contribution in [0.5, 0.6) is 0 Å². The molecule has 0 saturated heterocycles. The molecule has 0 radical (unpaired) electrons. The summed E-state index contributed by atoms with van der Waals surface area (Å²) in [4.78, 5) is 35.6. The fraction of sp³-hybridized carbons (Fsp3) is 0.158. The predicted octanol–water partition coefficient (Wildman–Crippen LogP) is 2.96. The van der Waals surface area contributed by atoms with Gasteiger partial charge in [0.15, 0.2) is 4.77 Å². The highest BCUT2D eigenvalue weighted by atomic mass is 32.1. The summed E-state index contributed by atoms with van der Waals surface area (Å²) in [5.74, 6) is 0.420. The molecule has 2 aromatic heterocycles. The van der Waals surface area contributed by atoms with Crippen LogP contribution in [0.3, 0.4) is 0 Å². The maximum atomic E-state index is 12.6. The zero-order chi connectivity index (χ0) is 19.1. The van der Waals surface area contributed by atoms with Gasteiger partial charge in [0.25, 0.3) is 11.5 Å². The second kappa shape index (κ2) is 6.48. The standard InChI is InChI=1S/C19H17N5O2S/c1-10(16-21-13-5-3-4-6-14(13)22-16)20-17(25)11-7-8-12-15(9-11)23-19(27)24(2)18(12)26/h3-10H,1-2H3,(H,20,25)(H,21,22)(H,23,27). The van der Waals surface area contributed by atoms with Crippen molar-refractivity contribution in [1.29, 1.82) is 0 Å². The Morgan fingerprint density at radius 1 is 1.19 bits per heavy atom. The summed E-state index contributed by atoms with van der Waals surface area (Å²) >= 11 is 5.14. The van der Waals surface area contributed by atoms with E-state index >= 15 is 0 Å². The lowest BCUT2D eigenvalue weighted by Gasteiger charge is -2.12. The summed E-state index contributed by atoms with van der Waals surface area (Å²) in [6.45, 7) is 1.86. The summed E-state index contributed by atoms with van der Waals surface area (Å²) in [7, 11) is 1.61. The number of amides is 1. The van der Waals surface area contributed by atoms with Crippen LogP contribution >= 0.6 is 12.2 Å². The molecule has 0 bridgehead atoms. The topological polar surface area (TPSA) is 95.6 Å². The van der Waals surface area contributed by atoms with Crippen LogP contribution in [0.1, 0.15) is 29.1 Å². The Hall–Kier alpha value is -3.26. The van der Waals surface area contributed by atoms with Gasteiger partial charge in [-0.25, -0.2) is 4.98 Å². The van der Waals surface area contributed by atoms with E-state index in [0.29, 0.717) is 27.1 Å². The second-order valence-corrected chi connectivity index (χ2v) is 6.78. The fourth-order valence-electron chi connectivity index (χ4n) is 2.97. The molecule has 2 heterocycles. The molecule has 0 saturated carbocycles. The second-order valence-electron chi connectivity index (χ2n) is 6.39. The summed E-state index contributed by atoms with van der Waals surface area (Å²) in [5.41, 5.74) is 2.54. The maximum absolute atomic E-state index is 12.6. The molecule has 4 rings (SSSR count). The number of carbonyl (C=O) groups is 1. The number of nitrogens with one attached hydrogen (secondary N) is 3. The Morgan fingerprint density at radius 3 is 2.74 bits per heavy atom. The zero-order valence-corrected chi connectivity index (χ0v) is 15.6. The minimum atomic E-state index is -0.303. The van der Waals surface area contributed by atoms with Gasteiger partial charge in [-0.05, 0) is 49.5 Å². The number of rotatable bonds is 3. The first-order valence-electron chi connectivity index (χ1n) is 8.42. The van der Waals surface area contributed by atoms with Gasteiger partial charge in [0.2, 0.25) is 0 Å². The monoisotopic (exact) mass is 379 g/mol. The Bertz CT molecular complexity index is 1270. The van der Waals surface area contributed by atoms with E-state index in [9.17, 15) is 9.59 Å². The molecular weight excluding hydrogens is 362 g/mol. The number of hydrogen-bond acceptors (Lipinski definition) is 4. The van der Waals surface area contributed by atoms with Crippen molar-refractivity contribution in [2.45, 2.75) is 13.0 Å². The van der Waals surface area contributed by atoms with Gasteiger partial charge in [0.05, 0.1) is 28.0 Å². The molecule has 1 unspecified atom stereocenters. The normalized spacial score (nSPS) is 12.4. The van der Waals surface area contributed by atoms with Crippen LogP contribution in [0.2, 0.25) is 0 Å². The number of nitrogens with zero attached hydrogens (tertiary/aromatic N) is 2. The lowest BCUT2D eigenvalue weighted by atomic mass is 10.1. The molecule has 0 aliphatic carbocycles. The molecule has 2 aromatic carbocycles. The number of H-pyrrole nitrogens is 2. The van der Waals surface area contributed by atoms with Crippen molar-refractivity contribution in [2.24, 2.45) is 7.05 Å². The van der Waals surface area contributed by atoms with E-state index in [1.165, 1.54) is 4.57 Å². The zero-order valence-electron chi connectivity index (χ0n) is 14.7. The summed E-state index contributed by atoms with van der Waals surface area (Å²) in [6.07, 6.45) is 0. The van der Waals surface area contributed by atoms with E-state index < -0.39 is 0 Å². The molecule has 0 fully saturated rings. The van der Waals surface area contributed by atoms with Crippen LogP contribution in [0.4, 0.5) is 0 Å². The number of imidazole rings is 1. The molecule has 0 aliphatic heterocycles. The van der Waals surface area contributed by atoms with Gasteiger partial charge in [-0.1, -0.05) is 12.1 Å². The molecule has 0 spiro atoms. The van der Waals surface area contributed by atoms with Gasteiger partial charge in [-0.2, -0.15) is 0 Å². The van der Waals surface area contributed by atoms with Crippen LogP contribution in [-0.2, 0) is 7.05 Å². The SMILES string of the molecule is CC(NC(=O)c1ccc2c(=O)n(C)c(=S)[nH]c2c1)c1nc2ccccc2[nH]1. The fourth-order valence-corrected chi connectivity index (χ4v) is 3.17. The van der Waals surface area contributed by atoms with E-state index in [0.717, 1.165) is 11.0 Å². The minimum Gasteiger partial charge on any atom is -0.342 e. The predicted molar refractivity (Wildman–Crippen MR) is 106 cm³/mol. The van der Waals surface area contributed by atoms with Gasteiger partial charge < -0.3 is 15.3 Å². The number of fused-ring (bicyclic) bond motifs is 2. The van der Waals surface area contributed by atoms with Gasteiger partial charge in [-0.15, -0.1) is 0 Å². The van der Waals surface area contributed by atoms with Crippen molar-refractivity contribution < 1.29 is 4.79 Å². The highest BCUT2D eigenvalue weighted by molar-refractivity contribution is 7.71. The maximum Gasteiger partial charge on any atom is 0.261 e. The van der Waals surface area contributed by atoms with Crippen LogP contribution < -0.4 is 10.9 Å². The lowest BCUT2D eigenvalue weighted by molar-refractivity contribution is 0.0938. The molecule has 1 amide bonds. The molecule has 136 valence electrons. The molecule has 0 aliphatic rings. The van der Waals surface area contributed by atoms with Crippen molar-refractivity contribution in [3.05, 3.63) is 69.0 Å². The van der Waals surface area contributed by atoms with Crippen molar-refractivity contribution in [3.63, 3.8) is 0 Å². The highest BCUT2D eigenvalue weighted by Crippen LogP contribution is 2.17. The quantitative estimate of drug-likeness (QED) is 0.477. The third kappa shape index (κ3) is 3.04. The van der Waals surface area contributed by atoms with E-state index in [-0.39, 0.29) is 17.5 Å². The molecule has 3 N–H and O–H groups in total. The Balaban J connectivity index is 1.63. The van der Waals surface area contributed by atoms with Gasteiger partial charge >= 0.3 is 0 Å². The number of hydrogen-bond donors (Lipinski definition) is 3. The first-order chi connectivity index (χ1) is 12.9. The first-order valence-corrected chi connectivity index (χ1v) is 8.83. The molecule has 27 heavy (non-hydrogen) atoms. The smallest absolute Gasteiger partial charge is 0.261 e. The van der Waals surface area contributed by atoms with Crippen molar-refractivity contribution in [2.75, 3.05) is 0 Å². The third-order valence-corrected chi connectivity index (χ3v) is 4.90. The first kappa shape index (κ1) is 17.2. The van der Waals surface area contributed by atoms with Gasteiger partial charge in [0, 0.05) is 12.6 Å². The molecule has 4 aromatic rings. The van der Waals surface area contributed by atoms with Gasteiger partial charge in [0.1, 0.15) is 5.82 Å². The van der Waals surface area contributed by atoms with E-state index in [4.69, 9.17) is 12.2 Å². The number of benzene rings is 2. The Kier molecular flexibility index (Phi) is 4.12. The number of aromatic amines is 2. The lowest BCUT2D eigenvalue weighted by Crippen LogP contribution is -2.27. The van der Waals surface area contributed by atoms with Gasteiger partial charge in [-0.3, -0.25) is 14.2 Å². The van der Waals surface area contributed by atoms with E-state index in [2.05, 4.69) is 20.3 Å². The Morgan fingerprint density at radius 2 is 1.96 bits per heavy atom. The van der Waals surface area contributed by atoms with E-state index in [1.807, 2.05) is 31.2 Å². The third-order valence-electron chi connectivity index (χ3n) is 4.53. The summed E-state index contributed by atoms with van der Waals surface area (Å²) in [6, 6.07) is 12.3. The van der Waals surface area contributed by atoms with E-state index in [1.54, 1.807) is 25.2 Å². The highest BCUT2D eigenvalue weighted by Gasteiger charge is 2.15. The number of para-hydroxylation sites is 2. The van der Waals surface area contributed by atoms with Crippen LogP contribution in [0, 0.1) is 4.77 Å².